The molecule has 0 spiro atoms. The van der Waals surface area contributed by atoms with Gasteiger partial charge >= 0.3 is 0 Å². The number of likely N-dealkylation sites (N-methyl/N-ethyl adjacent to an activating group) is 1. The number of hydrogen-bond donors (Lipinski definition) is 3. The summed E-state index contributed by atoms with van der Waals surface area (Å²) in [6, 6.07) is 4.66. The first-order chi connectivity index (χ1) is 14.8. The van der Waals surface area contributed by atoms with Crippen LogP contribution in [0.2, 0.25) is 0 Å². The molecule has 0 unspecified atom stereocenters. The van der Waals surface area contributed by atoms with E-state index in [0.29, 0.717) is 6.61 Å². The number of carbonyl (C=O) groups excluding carboxylic acids is 3. The van der Waals surface area contributed by atoms with Crippen molar-refractivity contribution in [1.82, 2.24) is 15.1 Å². The van der Waals surface area contributed by atoms with Crippen molar-refractivity contribution in [3.63, 3.8) is 0 Å². The molecule has 1 aromatic carbocycles. The van der Waals surface area contributed by atoms with Crippen molar-refractivity contribution < 1.29 is 24.2 Å². The number of rotatable bonds is 7. The molecule has 1 aliphatic heterocycles. The van der Waals surface area contributed by atoms with Gasteiger partial charge in [0.1, 0.15) is 11.4 Å². The lowest BCUT2D eigenvalue weighted by molar-refractivity contribution is -0.136. The molecule has 0 saturated heterocycles. The number of ether oxygens (including phenoxy) is 1. The number of aromatic hydroxyl groups is 1. The zero-order valence-electron chi connectivity index (χ0n) is 18.4. The molecule has 0 aromatic heterocycles. The Morgan fingerprint density at radius 3 is 2.55 bits per heavy atom. The normalized spacial score (nSPS) is 21.5. The number of anilines is 1. The summed E-state index contributed by atoms with van der Waals surface area (Å²) in [5.41, 5.74) is 0.501. The summed E-state index contributed by atoms with van der Waals surface area (Å²) < 4.78 is 5.34. The van der Waals surface area contributed by atoms with Crippen LogP contribution >= 0.6 is 0 Å². The first kappa shape index (κ1) is 22.6. The molecule has 1 heterocycles. The molecule has 168 valence electrons. The second-order valence-electron chi connectivity index (χ2n) is 8.20. The molecule has 3 rings (SSSR count). The molecule has 1 saturated carbocycles. The topological polar surface area (TPSA) is 111 Å². The van der Waals surface area contributed by atoms with Crippen LogP contribution in [0.3, 0.4) is 0 Å². The van der Waals surface area contributed by atoms with E-state index in [4.69, 9.17) is 4.74 Å². The number of methoxy groups -OCH3 is 1. The lowest BCUT2D eigenvalue weighted by Crippen LogP contribution is -2.42. The number of carbonyl (C=O) groups is 3. The number of amides is 3. The van der Waals surface area contributed by atoms with Crippen LogP contribution < -0.4 is 10.6 Å². The van der Waals surface area contributed by atoms with Crippen LogP contribution in [0.15, 0.2) is 29.6 Å². The molecule has 3 amide bonds. The molecule has 1 aliphatic carbocycles. The Bertz CT molecular complexity index is 909. The van der Waals surface area contributed by atoms with Crippen molar-refractivity contribution in [1.29, 1.82) is 0 Å². The highest BCUT2D eigenvalue weighted by Gasteiger charge is 2.39. The summed E-state index contributed by atoms with van der Waals surface area (Å²) in [5.74, 6) is -1.36. The van der Waals surface area contributed by atoms with Crippen molar-refractivity contribution in [3.05, 3.63) is 35.2 Å². The van der Waals surface area contributed by atoms with Crippen molar-refractivity contribution in [3.8, 4) is 5.75 Å². The largest absolute Gasteiger partial charge is 0.505 e. The summed E-state index contributed by atoms with van der Waals surface area (Å²) in [6.07, 6.45) is 3.98. The van der Waals surface area contributed by atoms with Crippen molar-refractivity contribution in [2.45, 2.75) is 31.7 Å². The highest BCUT2D eigenvalue weighted by atomic mass is 16.5. The van der Waals surface area contributed by atoms with Crippen LogP contribution in [0.5, 0.6) is 5.75 Å². The van der Waals surface area contributed by atoms with Gasteiger partial charge in [-0.1, -0.05) is 18.9 Å². The molecule has 1 aromatic rings. The van der Waals surface area contributed by atoms with E-state index in [9.17, 15) is 19.5 Å². The SMILES string of the molecule is COC[C@H]1CCCC[C@@H]1NC1=C(Nc2cccc(C(=O)N(C)C)c2O)C(=O)N(C)C1=O. The quantitative estimate of drug-likeness (QED) is 0.444. The Labute approximate surface area is 182 Å². The minimum Gasteiger partial charge on any atom is -0.505 e. The van der Waals surface area contributed by atoms with Gasteiger partial charge in [-0.3, -0.25) is 19.3 Å². The summed E-state index contributed by atoms with van der Waals surface area (Å²) in [4.78, 5) is 40.3. The Morgan fingerprint density at radius 2 is 1.87 bits per heavy atom. The number of phenolic OH excluding ortho intramolecular Hbond substituents is 1. The van der Waals surface area contributed by atoms with Crippen LogP contribution in [-0.4, -0.2) is 73.5 Å². The maximum atomic E-state index is 12.8. The number of nitrogens with zero attached hydrogens (tertiary/aromatic N) is 2. The first-order valence-corrected chi connectivity index (χ1v) is 10.4. The third-order valence-electron chi connectivity index (χ3n) is 5.84. The summed E-state index contributed by atoms with van der Waals surface area (Å²) >= 11 is 0. The van der Waals surface area contributed by atoms with Gasteiger partial charge in [0.2, 0.25) is 0 Å². The van der Waals surface area contributed by atoms with Crippen molar-refractivity contribution in [2.75, 3.05) is 40.2 Å². The fourth-order valence-electron chi connectivity index (χ4n) is 4.08. The third-order valence-corrected chi connectivity index (χ3v) is 5.84. The molecule has 3 N–H and O–H groups in total. The van der Waals surface area contributed by atoms with E-state index in [-0.39, 0.29) is 46.3 Å². The minimum atomic E-state index is -0.504. The Hall–Kier alpha value is -3.07. The van der Waals surface area contributed by atoms with Gasteiger partial charge in [0.15, 0.2) is 5.75 Å². The zero-order chi connectivity index (χ0) is 22.7. The fourth-order valence-corrected chi connectivity index (χ4v) is 4.08. The van der Waals surface area contributed by atoms with Crippen LogP contribution in [0.1, 0.15) is 36.0 Å². The lowest BCUT2D eigenvalue weighted by Gasteiger charge is -2.32. The van der Waals surface area contributed by atoms with Gasteiger partial charge in [0, 0.05) is 40.2 Å². The molecule has 9 heteroatoms. The van der Waals surface area contributed by atoms with Gasteiger partial charge in [0.25, 0.3) is 17.7 Å². The predicted molar refractivity (Wildman–Crippen MR) is 115 cm³/mol. The first-order valence-electron chi connectivity index (χ1n) is 10.4. The highest BCUT2D eigenvalue weighted by Crippen LogP contribution is 2.32. The number of benzene rings is 1. The standard InChI is InChI=1S/C22H30N4O5/c1-25(2)20(28)14-9-7-11-16(19(14)27)24-18-17(21(29)26(3)22(18)30)23-15-10-6-5-8-13(15)12-31-4/h7,9,11,13,15,23-24,27H,5-6,8,10,12H2,1-4H3/t13-,15+/m1/s1. The summed E-state index contributed by atoms with van der Waals surface area (Å²) in [6.45, 7) is 0.571. The monoisotopic (exact) mass is 430 g/mol. The summed E-state index contributed by atoms with van der Waals surface area (Å²) in [5, 5.41) is 16.8. The zero-order valence-corrected chi connectivity index (χ0v) is 18.4. The number of phenols is 1. The molecular weight excluding hydrogens is 400 g/mol. The molecule has 31 heavy (non-hydrogen) atoms. The van der Waals surface area contributed by atoms with Gasteiger partial charge in [-0.2, -0.15) is 0 Å². The second kappa shape index (κ2) is 9.38. The minimum absolute atomic E-state index is 0.000926. The van der Waals surface area contributed by atoms with Crippen molar-refractivity contribution in [2.24, 2.45) is 5.92 Å². The van der Waals surface area contributed by atoms with Gasteiger partial charge in [-0.15, -0.1) is 0 Å². The Kier molecular flexibility index (Phi) is 6.84. The van der Waals surface area contributed by atoms with E-state index in [1.54, 1.807) is 33.3 Å². The van der Waals surface area contributed by atoms with E-state index in [2.05, 4.69) is 10.6 Å². The molecule has 1 fully saturated rings. The van der Waals surface area contributed by atoms with E-state index in [1.807, 2.05) is 0 Å². The molecule has 0 bridgehead atoms. The molecular formula is C22H30N4O5. The number of para-hydroxylation sites is 1. The number of hydrogen-bond acceptors (Lipinski definition) is 7. The molecule has 2 atom stereocenters. The van der Waals surface area contributed by atoms with Crippen LogP contribution in [0.4, 0.5) is 5.69 Å². The van der Waals surface area contributed by atoms with Crippen LogP contribution in [0.25, 0.3) is 0 Å². The van der Waals surface area contributed by atoms with Crippen LogP contribution in [0, 0.1) is 5.92 Å². The Morgan fingerprint density at radius 1 is 1.19 bits per heavy atom. The third kappa shape index (κ3) is 4.51. The Balaban J connectivity index is 1.94. The van der Waals surface area contributed by atoms with Gasteiger partial charge in [-0.05, 0) is 25.0 Å². The lowest BCUT2D eigenvalue weighted by atomic mass is 9.85. The molecule has 0 radical (unpaired) electrons. The fraction of sp³-hybridized carbons (Fsp3) is 0.500. The van der Waals surface area contributed by atoms with Gasteiger partial charge in [-0.25, -0.2) is 0 Å². The van der Waals surface area contributed by atoms with Crippen LogP contribution in [-0.2, 0) is 14.3 Å². The van der Waals surface area contributed by atoms with Crippen molar-refractivity contribution >= 4 is 23.4 Å². The average molecular weight is 431 g/mol. The van der Waals surface area contributed by atoms with E-state index in [0.717, 1.165) is 30.6 Å². The van der Waals surface area contributed by atoms with E-state index >= 15 is 0 Å². The molecule has 2 aliphatic rings. The highest BCUT2D eigenvalue weighted by molar-refractivity contribution is 6.20. The number of imide groups is 1. The predicted octanol–water partition coefficient (Wildman–Crippen LogP) is 1.51. The van der Waals surface area contributed by atoms with E-state index < -0.39 is 11.8 Å². The maximum absolute atomic E-state index is 12.8. The van der Waals surface area contributed by atoms with E-state index in [1.165, 1.54) is 18.0 Å². The summed E-state index contributed by atoms with van der Waals surface area (Å²) in [7, 11) is 6.24. The average Bonchev–Trinajstić information content (AvgIpc) is 2.94. The van der Waals surface area contributed by atoms with Gasteiger partial charge in [0.05, 0.1) is 17.9 Å². The number of nitrogens with one attached hydrogen (secondary N) is 2. The second-order valence-corrected chi connectivity index (χ2v) is 8.20. The van der Waals surface area contributed by atoms with Gasteiger partial charge < -0.3 is 25.4 Å². The smallest absolute Gasteiger partial charge is 0.279 e. The maximum Gasteiger partial charge on any atom is 0.279 e. The molecule has 9 nitrogen and oxygen atoms in total.